The SMILES string of the molecule is C=C1CCC(C)(C)CC1(C)c1c(O)cc(CCC)cc1O. The molecule has 1 atom stereocenters. The Kier molecular flexibility index (Phi) is 4.10. The average Bonchev–Trinajstić information content (AvgIpc) is 2.33. The van der Waals surface area contributed by atoms with Gasteiger partial charge in [0.25, 0.3) is 0 Å². The Hall–Kier alpha value is -1.44. The van der Waals surface area contributed by atoms with Crippen molar-refractivity contribution < 1.29 is 10.2 Å². The van der Waals surface area contributed by atoms with Crippen molar-refractivity contribution in [2.75, 3.05) is 0 Å². The van der Waals surface area contributed by atoms with Gasteiger partial charge in [0.05, 0.1) is 0 Å². The molecule has 2 rings (SSSR count). The highest BCUT2D eigenvalue weighted by molar-refractivity contribution is 5.54. The predicted octanol–water partition coefficient (Wildman–Crippen LogP) is 5.07. The topological polar surface area (TPSA) is 40.5 Å². The summed E-state index contributed by atoms with van der Waals surface area (Å²) >= 11 is 0. The molecule has 21 heavy (non-hydrogen) atoms. The van der Waals surface area contributed by atoms with E-state index in [4.69, 9.17) is 0 Å². The van der Waals surface area contributed by atoms with Crippen LogP contribution in [0.2, 0.25) is 0 Å². The van der Waals surface area contributed by atoms with E-state index in [0.29, 0.717) is 5.56 Å². The predicted molar refractivity (Wildman–Crippen MR) is 87.9 cm³/mol. The van der Waals surface area contributed by atoms with Crippen LogP contribution in [0.4, 0.5) is 0 Å². The first-order valence-electron chi connectivity index (χ1n) is 7.93. The van der Waals surface area contributed by atoms with Crippen molar-refractivity contribution >= 4 is 0 Å². The molecule has 1 saturated carbocycles. The zero-order chi connectivity index (χ0) is 15.8. The molecular formula is C19H28O2. The van der Waals surface area contributed by atoms with Gasteiger partial charge in [-0.2, -0.15) is 0 Å². The van der Waals surface area contributed by atoms with E-state index in [1.807, 2.05) is 0 Å². The summed E-state index contributed by atoms with van der Waals surface area (Å²) in [5.41, 5.74) is 2.58. The molecule has 1 fully saturated rings. The Balaban J connectivity index is 2.51. The summed E-state index contributed by atoms with van der Waals surface area (Å²) in [5, 5.41) is 21.0. The Morgan fingerprint density at radius 3 is 2.24 bits per heavy atom. The maximum absolute atomic E-state index is 10.5. The summed E-state index contributed by atoms with van der Waals surface area (Å²) in [6, 6.07) is 3.61. The van der Waals surface area contributed by atoms with Crippen molar-refractivity contribution in [3.05, 3.63) is 35.4 Å². The largest absolute Gasteiger partial charge is 0.507 e. The summed E-state index contributed by atoms with van der Waals surface area (Å²) in [4.78, 5) is 0. The van der Waals surface area contributed by atoms with Crippen LogP contribution in [-0.2, 0) is 11.8 Å². The molecule has 0 heterocycles. The van der Waals surface area contributed by atoms with Gasteiger partial charge in [0.1, 0.15) is 11.5 Å². The monoisotopic (exact) mass is 288 g/mol. The average molecular weight is 288 g/mol. The van der Waals surface area contributed by atoms with Gasteiger partial charge >= 0.3 is 0 Å². The van der Waals surface area contributed by atoms with Gasteiger partial charge < -0.3 is 10.2 Å². The number of hydrogen-bond donors (Lipinski definition) is 2. The third-order valence-corrected chi connectivity index (χ3v) is 4.96. The van der Waals surface area contributed by atoms with Crippen LogP contribution in [0.5, 0.6) is 11.5 Å². The molecule has 0 aliphatic heterocycles. The molecule has 2 nitrogen and oxygen atoms in total. The Morgan fingerprint density at radius 1 is 1.14 bits per heavy atom. The van der Waals surface area contributed by atoms with Gasteiger partial charge in [0.15, 0.2) is 0 Å². The van der Waals surface area contributed by atoms with E-state index in [1.165, 1.54) is 0 Å². The van der Waals surface area contributed by atoms with E-state index in [0.717, 1.165) is 43.2 Å². The fourth-order valence-corrected chi connectivity index (χ4v) is 3.87. The number of aromatic hydroxyl groups is 2. The number of allylic oxidation sites excluding steroid dienone is 1. The van der Waals surface area contributed by atoms with Crippen molar-refractivity contribution in [1.29, 1.82) is 0 Å². The molecule has 0 bridgehead atoms. The minimum absolute atomic E-state index is 0.191. The minimum atomic E-state index is -0.360. The number of hydrogen-bond acceptors (Lipinski definition) is 2. The number of benzene rings is 1. The standard InChI is InChI=1S/C19H28O2/c1-6-7-14-10-15(20)17(16(21)11-14)19(5)12-18(3,4)9-8-13(19)2/h10-11,20-21H,2,6-9,12H2,1,3-5H3. The van der Waals surface area contributed by atoms with Gasteiger partial charge in [-0.15, -0.1) is 0 Å². The van der Waals surface area contributed by atoms with E-state index < -0.39 is 0 Å². The summed E-state index contributed by atoms with van der Waals surface area (Å²) in [5.74, 6) is 0.416. The lowest BCUT2D eigenvalue weighted by molar-refractivity contribution is 0.203. The highest BCUT2D eigenvalue weighted by Gasteiger charge is 2.43. The van der Waals surface area contributed by atoms with Crippen LogP contribution < -0.4 is 0 Å². The van der Waals surface area contributed by atoms with Crippen LogP contribution in [0.25, 0.3) is 0 Å². The highest BCUT2D eigenvalue weighted by Crippen LogP contribution is 2.54. The molecule has 1 unspecified atom stereocenters. The second-order valence-corrected chi connectivity index (χ2v) is 7.54. The van der Waals surface area contributed by atoms with Crippen molar-refractivity contribution in [3.63, 3.8) is 0 Å². The molecule has 0 radical (unpaired) electrons. The zero-order valence-electron chi connectivity index (χ0n) is 13.8. The molecule has 1 aliphatic carbocycles. The third kappa shape index (κ3) is 2.95. The molecule has 1 aromatic carbocycles. The van der Waals surface area contributed by atoms with E-state index in [1.54, 1.807) is 12.1 Å². The van der Waals surface area contributed by atoms with Crippen molar-refractivity contribution in [3.8, 4) is 11.5 Å². The maximum atomic E-state index is 10.5. The second-order valence-electron chi connectivity index (χ2n) is 7.54. The van der Waals surface area contributed by atoms with Gasteiger partial charge in [0, 0.05) is 11.0 Å². The molecule has 1 aromatic rings. The molecule has 0 amide bonds. The fourth-order valence-electron chi connectivity index (χ4n) is 3.87. The Morgan fingerprint density at radius 2 is 1.71 bits per heavy atom. The van der Waals surface area contributed by atoms with Crippen LogP contribution in [-0.4, -0.2) is 10.2 Å². The van der Waals surface area contributed by atoms with E-state index in [9.17, 15) is 10.2 Å². The second kappa shape index (κ2) is 5.40. The van der Waals surface area contributed by atoms with Gasteiger partial charge in [0.2, 0.25) is 0 Å². The maximum Gasteiger partial charge on any atom is 0.123 e. The molecular weight excluding hydrogens is 260 g/mol. The third-order valence-electron chi connectivity index (χ3n) is 4.96. The molecule has 2 heteroatoms. The molecule has 116 valence electrons. The van der Waals surface area contributed by atoms with E-state index in [2.05, 4.69) is 34.3 Å². The first-order chi connectivity index (χ1) is 9.69. The summed E-state index contributed by atoms with van der Waals surface area (Å²) < 4.78 is 0. The summed E-state index contributed by atoms with van der Waals surface area (Å²) in [6.07, 6.45) is 4.81. The Labute approximate surface area is 128 Å². The quantitative estimate of drug-likeness (QED) is 0.762. The lowest BCUT2D eigenvalue weighted by atomic mass is 9.59. The fraction of sp³-hybridized carbons (Fsp3) is 0.579. The number of phenolic OH excluding ortho intramolecular Hbond substituents is 2. The number of phenols is 2. The van der Waals surface area contributed by atoms with Crippen LogP contribution >= 0.6 is 0 Å². The van der Waals surface area contributed by atoms with Gasteiger partial charge in [-0.05, 0) is 48.8 Å². The van der Waals surface area contributed by atoms with Crippen molar-refractivity contribution in [1.82, 2.24) is 0 Å². The number of aryl methyl sites for hydroxylation is 1. The lowest BCUT2D eigenvalue weighted by Gasteiger charge is -2.45. The molecule has 2 N–H and O–H groups in total. The van der Waals surface area contributed by atoms with Gasteiger partial charge in [-0.3, -0.25) is 0 Å². The van der Waals surface area contributed by atoms with Crippen molar-refractivity contribution in [2.45, 2.75) is 65.2 Å². The van der Waals surface area contributed by atoms with Crippen LogP contribution in [0.1, 0.15) is 64.5 Å². The van der Waals surface area contributed by atoms with Crippen LogP contribution in [0, 0.1) is 5.41 Å². The van der Waals surface area contributed by atoms with E-state index >= 15 is 0 Å². The first kappa shape index (κ1) is 15.9. The molecule has 0 spiro atoms. The first-order valence-corrected chi connectivity index (χ1v) is 7.93. The summed E-state index contributed by atoms with van der Waals surface area (Å²) in [7, 11) is 0. The molecule has 1 aliphatic rings. The number of rotatable bonds is 3. The minimum Gasteiger partial charge on any atom is -0.507 e. The van der Waals surface area contributed by atoms with E-state index in [-0.39, 0.29) is 22.3 Å². The van der Waals surface area contributed by atoms with Crippen LogP contribution in [0.3, 0.4) is 0 Å². The van der Waals surface area contributed by atoms with Crippen molar-refractivity contribution in [2.24, 2.45) is 5.41 Å². The van der Waals surface area contributed by atoms with Crippen LogP contribution in [0.15, 0.2) is 24.3 Å². The summed E-state index contributed by atoms with van der Waals surface area (Å²) in [6.45, 7) is 12.9. The van der Waals surface area contributed by atoms with Gasteiger partial charge in [-0.1, -0.05) is 46.3 Å². The molecule has 0 aromatic heterocycles. The van der Waals surface area contributed by atoms with Gasteiger partial charge in [-0.25, -0.2) is 0 Å². The Bertz CT molecular complexity index is 534. The highest BCUT2D eigenvalue weighted by atomic mass is 16.3. The zero-order valence-corrected chi connectivity index (χ0v) is 13.8. The normalized spacial score (nSPS) is 25.0. The smallest absolute Gasteiger partial charge is 0.123 e. The molecule has 0 saturated heterocycles. The lowest BCUT2D eigenvalue weighted by Crippen LogP contribution is -2.36.